The molecule has 1 fully saturated rings. The van der Waals surface area contributed by atoms with Crippen molar-refractivity contribution >= 4 is 40.2 Å². The minimum atomic E-state index is -0.0172. The molecule has 2 aliphatic rings. The lowest BCUT2D eigenvalue weighted by atomic mass is 10.1. The van der Waals surface area contributed by atoms with Crippen molar-refractivity contribution in [2.24, 2.45) is 5.92 Å². The number of rotatable bonds is 1. The molecule has 1 aromatic carbocycles. The topological polar surface area (TPSA) is 58.4 Å². The van der Waals surface area contributed by atoms with Gasteiger partial charge in [0.1, 0.15) is 5.58 Å². The summed E-state index contributed by atoms with van der Waals surface area (Å²) in [4.78, 5) is 19.2. The second kappa shape index (κ2) is 5.53. The first-order valence-electron chi connectivity index (χ1n) is 7.78. The molecule has 0 saturated carbocycles. The van der Waals surface area contributed by atoms with E-state index >= 15 is 0 Å². The summed E-state index contributed by atoms with van der Waals surface area (Å²) in [6, 6.07) is 9.37. The number of halogens is 1. The fourth-order valence-electron chi connectivity index (χ4n) is 3.56. The minimum Gasteiger partial charge on any atom is -0.437 e. The van der Waals surface area contributed by atoms with Gasteiger partial charge in [0.15, 0.2) is 0 Å². The van der Waals surface area contributed by atoms with Crippen LogP contribution < -0.4 is 15.6 Å². The van der Waals surface area contributed by atoms with Crippen LogP contribution in [0.25, 0.3) is 22.1 Å². The minimum absolute atomic E-state index is 0. The molecule has 4 heterocycles. The van der Waals surface area contributed by atoms with Gasteiger partial charge >= 0.3 is 0 Å². The number of nitrogens with one attached hydrogen (secondary N) is 1. The van der Waals surface area contributed by atoms with Gasteiger partial charge in [0.05, 0.1) is 10.8 Å². The maximum Gasteiger partial charge on any atom is 0.230 e. The van der Waals surface area contributed by atoms with Gasteiger partial charge in [0.25, 0.3) is 0 Å². The Bertz CT molecular complexity index is 1030. The quantitative estimate of drug-likeness (QED) is 0.690. The molecule has 122 valence electrons. The van der Waals surface area contributed by atoms with Crippen LogP contribution >= 0.6 is 12.4 Å². The third-order valence-corrected chi connectivity index (χ3v) is 4.79. The molecule has 0 amide bonds. The Morgan fingerprint density at radius 1 is 1.25 bits per heavy atom. The highest BCUT2D eigenvalue weighted by Crippen LogP contribution is 2.31. The third kappa shape index (κ3) is 2.16. The highest BCUT2D eigenvalue weighted by Gasteiger charge is 2.30. The normalized spacial score (nSPS) is 19.1. The smallest absolute Gasteiger partial charge is 0.230 e. The maximum atomic E-state index is 12.7. The second-order valence-electron chi connectivity index (χ2n) is 6.17. The van der Waals surface area contributed by atoms with Crippen molar-refractivity contribution in [3.05, 3.63) is 58.5 Å². The molecule has 24 heavy (non-hydrogen) atoms. The number of hydrogen-bond acceptors (Lipinski definition) is 5. The van der Waals surface area contributed by atoms with Gasteiger partial charge in [-0.1, -0.05) is 0 Å². The van der Waals surface area contributed by atoms with Crippen LogP contribution in [0.4, 0.5) is 5.69 Å². The summed E-state index contributed by atoms with van der Waals surface area (Å²) in [6.07, 6.45) is 3.76. The monoisotopic (exact) mass is 341 g/mol. The van der Waals surface area contributed by atoms with Crippen LogP contribution in [0.2, 0.25) is 0 Å². The Labute approximate surface area is 144 Å². The number of pyridine rings is 1. The lowest BCUT2D eigenvalue weighted by Crippen LogP contribution is -2.23. The van der Waals surface area contributed by atoms with Crippen LogP contribution in [0.1, 0.15) is 0 Å². The van der Waals surface area contributed by atoms with Crippen molar-refractivity contribution in [1.29, 1.82) is 0 Å². The van der Waals surface area contributed by atoms with E-state index in [0.29, 0.717) is 28.0 Å². The Hall–Kier alpha value is -2.53. The predicted octanol–water partition coefficient (Wildman–Crippen LogP) is 2.69. The molecule has 5 nitrogen and oxygen atoms in total. The van der Waals surface area contributed by atoms with E-state index in [1.54, 1.807) is 18.3 Å². The standard InChI is InChI=1S/C18H15N3O2.ClH/c22-17-14-2-1-5-20-18(14)23-16-4-3-13(6-15(16)17)21-9-11-7-19-8-12(11)10-21;/h1-7,12,19H,8-10H2;1H. The molecule has 1 atom stereocenters. The van der Waals surface area contributed by atoms with Crippen molar-refractivity contribution in [3.8, 4) is 0 Å². The molecule has 1 N–H and O–H groups in total. The number of nitrogens with zero attached hydrogens (tertiary/aromatic N) is 2. The fraction of sp³-hybridized carbons (Fsp3) is 0.222. The Morgan fingerprint density at radius 2 is 2.17 bits per heavy atom. The van der Waals surface area contributed by atoms with Gasteiger partial charge in [-0.2, -0.15) is 0 Å². The first-order valence-corrected chi connectivity index (χ1v) is 7.78. The van der Waals surface area contributed by atoms with E-state index in [-0.39, 0.29) is 17.8 Å². The van der Waals surface area contributed by atoms with Crippen LogP contribution in [0.15, 0.2) is 57.5 Å². The third-order valence-electron chi connectivity index (χ3n) is 4.79. The van der Waals surface area contributed by atoms with E-state index < -0.39 is 0 Å². The summed E-state index contributed by atoms with van der Waals surface area (Å²) in [5.41, 5.74) is 3.48. The Kier molecular flexibility index (Phi) is 3.46. The van der Waals surface area contributed by atoms with Crippen LogP contribution in [-0.2, 0) is 0 Å². The molecule has 0 spiro atoms. The van der Waals surface area contributed by atoms with Gasteiger partial charge in [0.2, 0.25) is 11.1 Å². The van der Waals surface area contributed by atoms with Crippen molar-refractivity contribution in [3.63, 3.8) is 0 Å². The van der Waals surface area contributed by atoms with E-state index in [4.69, 9.17) is 4.42 Å². The molecule has 0 aliphatic carbocycles. The lowest BCUT2D eigenvalue weighted by Gasteiger charge is -2.19. The molecule has 1 unspecified atom stereocenters. The summed E-state index contributed by atoms with van der Waals surface area (Å²) in [7, 11) is 0. The number of benzene rings is 1. The summed E-state index contributed by atoms with van der Waals surface area (Å²) in [6.45, 7) is 2.92. The lowest BCUT2D eigenvalue weighted by molar-refractivity contribution is 0.644. The van der Waals surface area contributed by atoms with Gasteiger partial charge in [-0.25, -0.2) is 4.98 Å². The van der Waals surface area contributed by atoms with Gasteiger partial charge < -0.3 is 14.6 Å². The summed E-state index contributed by atoms with van der Waals surface area (Å²) >= 11 is 0. The number of hydrogen-bond donors (Lipinski definition) is 1. The number of fused-ring (bicyclic) bond motifs is 3. The van der Waals surface area contributed by atoms with Crippen LogP contribution in [0, 0.1) is 5.92 Å². The molecule has 0 radical (unpaired) electrons. The summed E-state index contributed by atoms with van der Waals surface area (Å²) in [5.74, 6) is 0.586. The van der Waals surface area contributed by atoms with Crippen LogP contribution in [-0.4, -0.2) is 24.6 Å². The number of anilines is 1. The van der Waals surface area contributed by atoms with Gasteiger partial charge in [-0.3, -0.25) is 4.79 Å². The van der Waals surface area contributed by atoms with E-state index in [1.807, 2.05) is 18.2 Å². The first kappa shape index (κ1) is 15.0. The SMILES string of the molecule is Cl.O=c1c2cc(N3CC4=CNCC4C3)ccc2oc2ncccc12. The average Bonchev–Trinajstić information content (AvgIpc) is 3.17. The number of aromatic nitrogens is 1. The highest BCUT2D eigenvalue weighted by atomic mass is 35.5. The van der Waals surface area contributed by atoms with Crippen molar-refractivity contribution < 1.29 is 4.42 Å². The van der Waals surface area contributed by atoms with Crippen molar-refractivity contribution in [1.82, 2.24) is 10.3 Å². The zero-order valence-electron chi connectivity index (χ0n) is 12.9. The van der Waals surface area contributed by atoms with Gasteiger partial charge in [0, 0.05) is 37.4 Å². The first-order chi connectivity index (χ1) is 11.3. The molecule has 1 saturated heterocycles. The predicted molar refractivity (Wildman–Crippen MR) is 96.8 cm³/mol. The molecule has 2 aromatic heterocycles. The average molecular weight is 342 g/mol. The maximum absolute atomic E-state index is 12.7. The van der Waals surface area contributed by atoms with E-state index in [0.717, 1.165) is 25.3 Å². The molecular weight excluding hydrogens is 326 g/mol. The Morgan fingerprint density at radius 3 is 3.04 bits per heavy atom. The molecule has 6 heteroatoms. The highest BCUT2D eigenvalue weighted by molar-refractivity contribution is 5.90. The zero-order chi connectivity index (χ0) is 15.4. The van der Waals surface area contributed by atoms with Crippen LogP contribution in [0.5, 0.6) is 0 Å². The molecule has 2 aliphatic heterocycles. The van der Waals surface area contributed by atoms with Crippen molar-refractivity contribution in [2.75, 3.05) is 24.5 Å². The Balaban J connectivity index is 0.00000146. The summed E-state index contributed by atoms with van der Waals surface area (Å²) < 4.78 is 5.77. The fourth-order valence-corrected chi connectivity index (χ4v) is 3.56. The van der Waals surface area contributed by atoms with Gasteiger partial charge in [-0.15, -0.1) is 12.4 Å². The van der Waals surface area contributed by atoms with E-state index in [9.17, 15) is 4.79 Å². The van der Waals surface area contributed by atoms with Crippen LogP contribution in [0.3, 0.4) is 0 Å². The zero-order valence-corrected chi connectivity index (χ0v) is 13.7. The summed E-state index contributed by atoms with van der Waals surface area (Å²) in [5, 5.41) is 4.44. The van der Waals surface area contributed by atoms with Gasteiger partial charge in [-0.05, 0) is 42.1 Å². The molecule has 3 aromatic rings. The second-order valence-corrected chi connectivity index (χ2v) is 6.17. The molecular formula is C18H16ClN3O2. The largest absolute Gasteiger partial charge is 0.437 e. The van der Waals surface area contributed by atoms with E-state index in [1.165, 1.54) is 5.57 Å². The van der Waals surface area contributed by atoms with Crippen molar-refractivity contribution in [2.45, 2.75) is 0 Å². The molecule has 0 bridgehead atoms. The molecule has 5 rings (SSSR count). The van der Waals surface area contributed by atoms with E-state index in [2.05, 4.69) is 21.4 Å².